The van der Waals surface area contributed by atoms with E-state index in [9.17, 15) is 34.2 Å². The summed E-state index contributed by atoms with van der Waals surface area (Å²) in [6, 6.07) is 0.860. The van der Waals surface area contributed by atoms with Crippen molar-refractivity contribution < 1.29 is 34.2 Å². The highest BCUT2D eigenvalue weighted by molar-refractivity contribution is 7.98. The third-order valence-electron chi connectivity index (χ3n) is 4.81. The summed E-state index contributed by atoms with van der Waals surface area (Å²) in [5.41, 5.74) is 11.6. The second-order valence-electron chi connectivity index (χ2n) is 7.63. The minimum Gasteiger partial charge on any atom is -0.508 e. The number of primary amides is 1. The molecule has 1 aromatic carbocycles. The van der Waals surface area contributed by atoms with Gasteiger partial charge in [-0.1, -0.05) is 12.1 Å². The number of hydrogen-bond donors (Lipinski definition) is 8. The topological polar surface area (TPSA) is 214 Å². The van der Waals surface area contributed by atoms with Gasteiger partial charge in [0.05, 0.1) is 12.5 Å². The molecule has 1 rings (SSSR count). The number of carboxylic acid groups (broad SMARTS) is 1. The van der Waals surface area contributed by atoms with Crippen LogP contribution < -0.4 is 27.4 Å². The number of benzene rings is 1. The Kier molecular flexibility index (Phi) is 13.0. The molecule has 0 saturated heterocycles. The Hall–Kier alpha value is -2.97. The first-order valence-corrected chi connectivity index (χ1v) is 12.6. The summed E-state index contributed by atoms with van der Waals surface area (Å²) in [5, 5.41) is 25.8. The van der Waals surface area contributed by atoms with Crippen molar-refractivity contribution in [2.45, 2.75) is 43.4 Å². The lowest BCUT2D eigenvalue weighted by Gasteiger charge is -2.24. The van der Waals surface area contributed by atoms with E-state index < -0.39 is 60.2 Å². The smallest absolute Gasteiger partial charge is 0.327 e. The molecule has 9 N–H and O–H groups in total. The molecule has 0 spiro atoms. The summed E-state index contributed by atoms with van der Waals surface area (Å²) in [6.45, 7) is 0. The van der Waals surface area contributed by atoms with Gasteiger partial charge in [-0.15, -0.1) is 0 Å². The summed E-state index contributed by atoms with van der Waals surface area (Å²) >= 11 is 5.39. The van der Waals surface area contributed by atoms with Crippen molar-refractivity contribution in [1.82, 2.24) is 16.0 Å². The molecule has 0 aliphatic rings. The van der Waals surface area contributed by atoms with Crippen LogP contribution in [-0.2, 0) is 30.4 Å². The Balaban J connectivity index is 3.09. The fourth-order valence-electron chi connectivity index (χ4n) is 2.87. The average molecular weight is 530 g/mol. The number of carbonyl (C=O) groups excluding carboxylic acids is 4. The van der Waals surface area contributed by atoms with Crippen LogP contribution in [0, 0.1) is 0 Å². The number of thioether (sulfide) groups is 1. The van der Waals surface area contributed by atoms with Gasteiger partial charge in [0.15, 0.2) is 0 Å². The highest BCUT2D eigenvalue weighted by Gasteiger charge is 2.31. The lowest BCUT2D eigenvalue weighted by atomic mass is 10.0. The number of aromatic hydroxyl groups is 1. The molecule has 4 atom stereocenters. The Morgan fingerprint density at radius 1 is 0.971 bits per heavy atom. The van der Waals surface area contributed by atoms with Gasteiger partial charge in [-0.3, -0.25) is 19.2 Å². The fraction of sp³-hybridized carbons (Fsp3) is 0.476. The minimum atomic E-state index is -1.41. The second-order valence-corrected chi connectivity index (χ2v) is 8.98. The first-order valence-electron chi connectivity index (χ1n) is 10.5. The van der Waals surface area contributed by atoms with Crippen molar-refractivity contribution >= 4 is 54.0 Å². The van der Waals surface area contributed by atoms with E-state index in [-0.39, 0.29) is 17.9 Å². The monoisotopic (exact) mass is 529 g/mol. The number of carbonyl (C=O) groups is 5. The highest BCUT2D eigenvalue weighted by Crippen LogP contribution is 2.12. The summed E-state index contributed by atoms with van der Waals surface area (Å²) in [5.74, 6) is -4.17. The molecule has 35 heavy (non-hydrogen) atoms. The van der Waals surface area contributed by atoms with Crippen molar-refractivity contribution in [3.63, 3.8) is 0 Å². The molecule has 0 aliphatic heterocycles. The third kappa shape index (κ3) is 10.9. The van der Waals surface area contributed by atoms with E-state index in [0.717, 1.165) is 0 Å². The molecule has 0 aliphatic carbocycles. The van der Waals surface area contributed by atoms with Gasteiger partial charge in [0.25, 0.3) is 0 Å². The van der Waals surface area contributed by atoms with Gasteiger partial charge in [-0.25, -0.2) is 4.79 Å². The Labute approximate surface area is 212 Å². The molecule has 0 saturated carbocycles. The van der Waals surface area contributed by atoms with Crippen LogP contribution in [0.25, 0.3) is 0 Å². The quantitative estimate of drug-likeness (QED) is 0.122. The van der Waals surface area contributed by atoms with Gasteiger partial charge in [0, 0.05) is 12.2 Å². The first kappa shape index (κ1) is 30.1. The SMILES string of the molecule is CSCCC(N)C(=O)NC(CC(N)=O)C(=O)NC(Cc1ccc(O)cc1)C(=O)NC(CS)C(=O)O. The zero-order valence-electron chi connectivity index (χ0n) is 19.1. The normalized spacial score (nSPS) is 14.1. The van der Waals surface area contributed by atoms with Crippen LogP contribution in [0.4, 0.5) is 0 Å². The number of carboxylic acids is 1. The predicted octanol–water partition coefficient (Wildman–Crippen LogP) is -1.64. The predicted molar refractivity (Wildman–Crippen MR) is 134 cm³/mol. The largest absolute Gasteiger partial charge is 0.508 e. The molecule has 12 nitrogen and oxygen atoms in total. The summed E-state index contributed by atoms with van der Waals surface area (Å²) in [7, 11) is 0. The number of nitrogens with one attached hydrogen (secondary N) is 3. The van der Waals surface area contributed by atoms with Crippen molar-refractivity contribution in [1.29, 1.82) is 0 Å². The highest BCUT2D eigenvalue weighted by atomic mass is 32.2. The maximum absolute atomic E-state index is 13.0. The minimum absolute atomic E-state index is 0.0122. The van der Waals surface area contributed by atoms with E-state index in [2.05, 4.69) is 28.6 Å². The van der Waals surface area contributed by atoms with Crippen LogP contribution in [0.2, 0.25) is 0 Å². The van der Waals surface area contributed by atoms with Crippen LogP contribution in [0.15, 0.2) is 24.3 Å². The van der Waals surface area contributed by atoms with Gasteiger partial charge < -0.3 is 37.6 Å². The molecule has 0 radical (unpaired) electrons. The number of thiol groups is 1. The van der Waals surface area contributed by atoms with Crippen LogP contribution in [0.3, 0.4) is 0 Å². The summed E-state index contributed by atoms with van der Waals surface area (Å²) in [4.78, 5) is 61.0. The molecule has 0 bridgehead atoms. The van der Waals surface area contributed by atoms with Crippen molar-refractivity contribution in [2.24, 2.45) is 11.5 Å². The molecule has 14 heteroatoms. The van der Waals surface area contributed by atoms with Crippen molar-refractivity contribution in [3.8, 4) is 5.75 Å². The maximum atomic E-state index is 13.0. The van der Waals surface area contributed by atoms with E-state index in [4.69, 9.17) is 11.5 Å². The molecule has 0 fully saturated rings. The number of phenols is 1. The molecule has 0 heterocycles. The van der Waals surface area contributed by atoms with Gasteiger partial charge >= 0.3 is 5.97 Å². The number of rotatable bonds is 15. The Bertz CT molecular complexity index is 901. The number of nitrogens with two attached hydrogens (primary N) is 2. The molecular formula is C21H31N5O7S2. The molecule has 194 valence electrons. The zero-order valence-corrected chi connectivity index (χ0v) is 20.8. The zero-order chi connectivity index (χ0) is 26.5. The van der Waals surface area contributed by atoms with Crippen LogP contribution in [0.5, 0.6) is 5.75 Å². The number of hydrogen-bond acceptors (Lipinski definition) is 9. The van der Waals surface area contributed by atoms with Crippen molar-refractivity contribution in [3.05, 3.63) is 29.8 Å². The molecule has 4 amide bonds. The van der Waals surface area contributed by atoms with Gasteiger partial charge in [0.2, 0.25) is 23.6 Å². The van der Waals surface area contributed by atoms with E-state index >= 15 is 0 Å². The fourth-order valence-corrected chi connectivity index (χ4v) is 3.61. The van der Waals surface area contributed by atoms with Gasteiger partial charge in [-0.05, 0) is 36.1 Å². The first-order chi connectivity index (χ1) is 16.5. The number of amides is 4. The van der Waals surface area contributed by atoms with Gasteiger partial charge in [0.1, 0.15) is 23.9 Å². The van der Waals surface area contributed by atoms with E-state index in [1.54, 1.807) is 0 Å². The Morgan fingerprint density at radius 2 is 1.51 bits per heavy atom. The maximum Gasteiger partial charge on any atom is 0.327 e. The third-order valence-corrected chi connectivity index (χ3v) is 5.82. The lowest BCUT2D eigenvalue weighted by Crippen LogP contribution is -2.58. The Morgan fingerprint density at radius 3 is 2.03 bits per heavy atom. The van der Waals surface area contributed by atoms with Crippen LogP contribution in [-0.4, -0.2) is 81.7 Å². The second kappa shape index (κ2) is 15.1. The molecule has 0 aromatic heterocycles. The molecular weight excluding hydrogens is 498 g/mol. The van der Waals surface area contributed by atoms with E-state index in [0.29, 0.717) is 17.7 Å². The van der Waals surface area contributed by atoms with E-state index in [1.807, 2.05) is 6.26 Å². The van der Waals surface area contributed by atoms with Crippen LogP contribution in [0.1, 0.15) is 18.4 Å². The van der Waals surface area contributed by atoms with Gasteiger partial charge in [-0.2, -0.15) is 24.4 Å². The molecule has 4 unspecified atom stereocenters. The van der Waals surface area contributed by atoms with Crippen LogP contribution >= 0.6 is 24.4 Å². The molecule has 1 aromatic rings. The number of phenolic OH excluding ortho intramolecular Hbond substituents is 1. The van der Waals surface area contributed by atoms with E-state index in [1.165, 1.54) is 36.0 Å². The standard InChI is InChI=1S/C21H31N5O7S2/c1-35-7-6-13(22)18(29)24-15(9-17(23)28)20(31)25-14(8-11-2-4-12(27)5-3-11)19(30)26-16(10-34)21(32)33/h2-5,13-16,27,34H,6-10,22H2,1H3,(H2,23,28)(H,24,29)(H,25,31)(H,26,30)(H,32,33). The number of aliphatic carboxylic acids is 1. The lowest BCUT2D eigenvalue weighted by molar-refractivity contribution is -0.141. The van der Waals surface area contributed by atoms with Crippen molar-refractivity contribution in [2.75, 3.05) is 17.8 Å². The average Bonchev–Trinajstić information content (AvgIpc) is 2.80. The summed E-state index contributed by atoms with van der Waals surface area (Å²) < 4.78 is 0. The summed E-state index contributed by atoms with van der Waals surface area (Å²) in [6.07, 6.45) is 1.55.